The number of ether oxygens (including phenoxy) is 1. The first-order valence-electron chi connectivity index (χ1n) is 5.06. The fourth-order valence-electron chi connectivity index (χ4n) is 1.10. The van der Waals surface area contributed by atoms with Crippen LogP contribution in [0.5, 0.6) is 0 Å². The smallest absolute Gasteiger partial charge is 0.370 e. The second-order valence-electron chi connectivity index (χ2n) is 3.15. The first kappa shape index (κ1) is 15.4. The number of rotatable bonds is 5. The largest absolute Gasteiger partial charge is 0.461 e. The van der Waals surface area contributed by atoms with Gasteiger partial charge < -0.3 is 4.74 Å². The number of nitro benzene ring substituents is 1. The van der Waals surface area contributed by atoms with Gasteiger partial charge in [0.2, 0.25) is 5.17 Å². The molecular formula is C10H9BrClN3O4. The van der Waals surface area contributed by atoms with Crippen LogP contribution in [-0.4, -0.2) is 22.7 Å². The number of nitrogens with one attached hydrogen (secondary N) is 1. The molecule has 0 saturated carbocycles. The van der Waals surface area contributed by atoms with Crippen molar-refractivity contribution in [3.63, 3.8) is 0 Å². The molecule has 0 aliphatic carbocycles. The molecular weight excluding hydrogens is 341 g/mol. The number of carbonyl (C=O) groups is 1. The molecule has 0 aromatic heterocycles. The summed E-state index contributed by atoms with van der Waals surface area (Å²) in [7, 11) is 0. The van der Waals surface area contributed by atoms with E-state index in [0.717, 1.165) is 0 Å². The van der Waals surface area contributed by atoms with E-state index in [-0.39, 0.29) is 18.0 Å². The van der Waals surface area contributed by atoms with Crippen LogP contribution in [0.3, 0.4) is 0 Å². The number of anilines is 1. The van der Waals surface area contributed by atoms with Crippen LogP contribution in [0.1, 0.15) is 6.92 Å². The Morgan fingerprint density at radius 1 is 1.63 bits per heavy atom. The van der Waals surface area contributed by atoms with Gasteiger partial charge in [0.1, 0.15) is 5.69 Å². The first-order valence-corrected chi connectivity index (χ1v) is 6.23. The molecule has 0 spiro atoms. The van der Waals surface area contributed by atoms with Gasteiger partial charge in [-0.3, -0.25) is 15.5 Å². The zero-order valence-corrected chi connectivity index (χ0v) is 12.1. The highest BCUT2D eigenvalue weighted by Gasteiger charge is 2.15. The average molecular weight is 351 g/mol. The van der Waals surface area contributed by atoms with Gasteiger partial charge >= 0.3 is 5.97 Å². The lowest BCUT2D eigenvalue weighted by Gasteiger charge is -2.03. The summed E-state index contributed by atoms with van der Waals surface area (Å²) < 4.78 is 5.15. The molecule has 102 valence electrons. The summed E-state index contributed by atoms with van der Waals surface area (Å²) >= 11 is 8.68. The molecule has 0 heterocycles. The summed E-state index contributed by atoms with van der Waals surface area (Å²) in [6.07, 6.45) is 0. The maximum Gasteiger partial charge on any atom is 0.370 e. The second-order valence-corrected chi connectivity index (χ2v) is 4.43. The van der Waals surface area contributed by atoms with Gasteiger partial charge in [-0.15, -0.1) is 0 Å². The van der Waals surface area contributed by atoms with E-state index in [1.807, 2.05) is 0 Å². The Balaban J connectivity index is 2.91. The molecule has 1 aromatic rings. The maximum atomic E-state index is 11.2. The van der Waals surface area contributed by atoms with E-state index in [0.29, 0.717) is 4.47 Å². The number of halogens is 2. The fraction of sp³-hybridized carbons (Fsp3) is 0.200. The Labute approximate surface area is 121 Å². The van der Waals surface area contributed by atoms with Crippen LogP contribution in [0, 0.1) is 10.1 Å². The number of carbonyl (C=O) groups excluding carboxylic acids is 1. The van der Waals surface area contributed by atoms with Crippen molar-refractivity contribution in [3.05, 3.63) is 32.8 Å². The number of hydrazone groups is 1. The van der Waals surface area contributed by atoms with Gasteiger partial charge in [0.25, 0.3) is 5.69 Å². The lowest BCUT2D eigenvalue weighted by atomic mass is 10.3. The number of hydrogen-bond acceptors (Lipinski definition) is 6. The molecule has 0 unspecified atom stereocenters. The molecule has 0 atom stereocenters. The molecule has 1 rings (SSSR count). The van der Waals surface area contributed by atoms with E-state index in [1.165, 1.54) is 12.1 Å². The monoisotopic (exact) mass is 349 g/mol. The van der Waals surface area contributed by atoms with E-state index in [9.17, 15) is 14.9 Å². The van der Waals surface area contributed by atoms with Crippen LogP contribution in [0.25, 0.3) is 0 Å². The topological polar surface area (TPSA) is 93.8 Å². The summed E-state index contributed by atoms with van der Waals surface area (Å²) in [6.45, 7) is 1.78. The zero-order valence-electron chi connectivity index (χ0n) is 9.72. The summed E-state index contributed by atoms with van der Waals surface area (Å²) in [5.74, 6) is -0.809. The lowest BCUT2D eigenvalue weighted by Crippen LogP contribution is -2.13. The average Bonchev–Trinajstić information content (AvgIpc) is 2.36. The van der Waals surface area contributed by atoms with Crippen LogP contribution in [0.15, 0.2) is 27.8 Å². The van der Waals surface area contributed by atoms with Gasteiger partial charge in [0.05, 0.1) is 11.5 Å². The number of nitro groups is 1. The standard InChI is InChI=1S/C10H9BrClN3O4/c1-2-19-10(16)9(12)14-13-7-4-3-6(11)5-8(7)15(17)18/h3-5,13H,2H2,1H3/b14-9-. The summed E-state index contributed by atoms with van der Waals surface area (Å²) in [4.78, 5) is 21.4. The van der Waals surface area contributed by atoms with E-state index in [2.05, 4.69) is 31.2 Å². The van der Waals surface area contributed by atoms with Gasteiger partial charge in [-0.05, 0) is 19.1 Å². The molecule has 0 bridgehead atoms. The maximum absolute atomic E-state index is 11.2. The normalized spacial score (nSPS) is 11.0. The van der Waals surface area contributed by atoms with E-state index < -0.39 is 16.1 Å². The van der Waals surface area contributed by atoms with Crippen molar-refractivity contribution in [2.75, 3.05) is 12.0 Å². The predicted octanol–water partition coefficient (Wildman–Crippen LogP) is 2.88. The third-order valence-corrected chi connectivity index (χ3v) is 2.61. The molecule has 0 fully saturated rings. The molecule has 0 aliphatic heterocycles. The summed E-state index contributed by atoms with van der Waals surface area (Å²) in [6, 6.07) is 4.32. The quantitative estimate of drug-likeness (QED) is 0.381. The Hall–Kier alpha value is -1.67. The van der Waals surface area contributed by atoms with Crippen LogP contribution >= 0.6 is 27.5 Å². The SMILES string of the molecule is CCOC(=O)/C(Cl)=N/Nc1ccc(Br)cc1[N+](=O)[O-]. The van der Waals surface area contributed by atoms with Crippen molar-refractivity contribution in [1.82, 2.24) is 0 Å². The Morgan fingerprint density at radius 2 is 2.32 bits per heavy atom. The van der Waals surface area contributed by atoms with Crippen LogP contribution < -0.4 is 5.43 Å². The number of nitrogens with zero attached hydrogens (tertiary/aromatic N) is 2. The highest BCUT2D eigenvalue weighted by Crippen LogP contribution is 2.27. The Morgan fingerprint density at radius 3 is 2.89 bits per heavy atom. The number of esters is 1. The highest BCUT2D eigenvalue weighted by molar-refractivity contribution is 9.10. The molecule has 19 heavy (non-hydrogen) atoms. The van der Waals surface area contributed by atoms with Gasteiger partial charge in [-0.1, -0.05) is 27.5 Å². The van der Waals surface area contributed by atoms with Crippen molar-refractivity contribution >= 4 is 50.0 Å². The molecule has 9 heteroatoms. The minimum atomic E-state index is -0.809. The second kappa shape index (κ2) is 7.05. The first-order chi connectivity index (χ1) is 8.95. The molecule has 0 amide bonds. The minimum Gasteiger partial charge on any atom is -0.461 e. The Kier molecular flexibility index (Phi) is 5.71. The molecule has 1 N–H and O–H groups in total. The third kappa shape index (κ3) is 4.49. The summed E-state index contributed by atoms with van der Waals surface area (Å²) in [5.41, 5.74) is 2.26. The van der Waals surface area contributed by atoms with Crippen molar-refractivity contribution in [2.45, 2.75) is 6.92 Å². The van der Waals surface area contributed by atoms with Crippen molar-refractivity contribution < 1.29 is 14.5 Å². The summed E-state index contributed by atoms with van der Waals surface area (Å²) in [5, 5.41) is 13.9. The highest BCUT2D eigenvalue weighted by atomic mass is 79.9. The molecule has 1 aromatic carbocycles. The van der Waals surface area contributed by atoms with E-state index in [1.54, 1.807) is 13.0 Å². The van der Waals surface area contributed by atoms with Gasteiger partial charge in [-0.25, -0.2) is 4.79 Å². The predicted molar refractivity (Wildman–Crippen MR) is 74.3 cm³/mol. The van der Waals surface area contributed by atoms with Crippen molar-refractivity contribution in [1.29, 1.82) is 0 Å². The van der Waals surface area contributed by atoms with Crippen LogP contribution in [0.4, 0.5) is 11.4 Å². The number of hydrogen-bond donors (Lipinski definition) is 1. The lowest BCUT2D eigenvalue weighted by molar-refractivity contribution is -0.384. The van der Waals surface area contributed by atoms with Crippen LogP contribution in [-0.2, 0) is 9.53 Å². The molecule has 0 radical (unpaired) electrons. The molecule has 0 saturated heterocycles. The number of benzene rings is 1. The fourth-order valence-corrected chi connectivity index (χ4v) is 1.54. The minimum absolute atomic E-state index is 0.107. The third-order valence-electron chi connectivity index (χ3n) is 1.87. The zero-order chi connectivity index (χ0) is 14.4. The van der Waals surface area contributed by atoms with E-state index >= 15 is 0 Å². The Bertz CT molecular complexity index is 536. The van der Waals surface area contributed by atoms with Gasteiger partial charge in [-0.2, -0.15) is 5.10 Å². The molecule has 7 nitrogen and oxygen atoms in total. The van der Waals surface area contributed by atoms with Crippen LogP contribution in [0.2, 0.25) is 0 Å². The van der Waals surface area contributed by atoms with Crippen molar-refractivity contribution in [2.24, 2.45) is 5.10 Å². The van der Waals surface area contributed by atoms with Gasteiger partial charge in [0, 0.05) is 10.5 Å². The van der Waals surface area contributed by atoms with Gasteiger partial charge in [0.15, 0.2) is 0 Å². The van der Waals surface area contributed by atoms with Crippen molar-refractivity contribution in [3.8, 4) is 0 Å². The van der Waals surface area contributed by atoms with E-state index in [4.69, 9.17) is 11.6 Å². The molecule has 0 aliphatic rings.